The second-order valence-corrected chi connectivity index (χ2v) is 10.8. The third-order valence-corrected chi connectivity index (χ3v) is 7.64. The van der Waals surface area contributed by atoms with Crippen molar-refractivity contribution in [1.29, 1.82) is 0 Å². The Morgan fingerprint density at radius 3 is 2.42 bits per heavy atom. The first kappa shape index (κ1) is 23.5. The van der Waals surface area contributed by atoms with Crippen molar-refractivity contribution in [2.45, 2.75) is 32.0 Å². The third kappa shape index (κ3) is 4.85. The molecule has 1 aromatic carbocycles. The first-order valence-corrected chi connectivity index (χ1v) is 11.8. The Morgan fingerprint density at radius 1 is 1.06 bits per heavy atom. The maximum absolute atomic E-state index is 13.4. The van der Waals surface area contributed by atoms with Crippen LogP contribution < -0.4 is 0 Å². The molecule has 0 aliphatic heterocycles. The quantitative estimate of drug-likeness (QED) is 0.293. The summed E-state index contributed by atoms with van der Waals surface area (Å²) in [5.74, 6) is -0.941. The van der Waals surface area contributed by atoms with Gasteiger partial charge in [-0.05, 0) is 61.4 Å². The molecule has 0 atom stereocenters. The van der Waals surface area contributed by atoms with E-state index in [-0.39, 0.29) is 6.54 Å². The molecule has 0 unspecified atom stereocenters. The molecule has 3 heterocycles. The first-order chi connectivity index (χ1) is 15.4. The molecule has 0 radical (unpaired) electrons. The van der Waals surface area contributed by atoms with Crippen LogP contribution in [0.3, 0.4) is 0 Å². The smallest absolute Gasteiger partial charge is 0.435 e. The predicted octanol–water partition coefficient (Wildman–Crippen LogP) is 7.42. The predicted molar refractivity (Wildman–Crippen MR) is 125 cm³/mol. The van der Waals surface area contributed by atoms with Crippen LogP contribution in [-0.4, -0.2) is 20.9 Å². The number of hydrogen-bond acceptors (Lipinski definition) is 4. The highest BCUT2D eigenvalue weighted by Gasteiger charge is 2.35. The molecule has 0 bridgehead atoms. The van der Waals surface area contributed by atoms with Crippen molar-refractivity contribution >= 4 is 40.2 Å². The van der Waals surface area contributed by atoms with Crippen LogP contribution >= 0.6 is 34.3 Å². The minimum atomic E-state index is -4.57. The second-order valence-electron chi connectivity index (χ2n) is 7.95. The number of carboxylic acid groups (broad SMARTS) is 1. The van der Waals surface area contributed by atoms with Crippen LogP contribution in [0, 0.1) is 0 Å². The molecule has 4 aromatic rings. The number of aromatic nitrogens is 2. The van der Waals surface area contributed by atoms with E-state index >= 15 is 0 Å². The van der Waals surface area contributed by atoms with Crippen LogP contribution in [0.4, 0.5) is 13.2 Å². The lowest BCUT2D eigenvalue weighted by atomic mass is 9.84. The molecule has 172 valence electrons. The maximum Gasteiger partial charge on any atom is 0.435 e. The van der Waals surface area contributed by atoms with E-state index in [1.165, 1.54) is 27.4 Å². The molecule has 33 heavy (non-hydrogen) atoms. The van der Waals surface area contributed by atoms with E-state index in [1.807, 2.05) is 12.1 Å². The van der Waals surface area contributed by atoms with Gasteiger partial charge in [-0.15, -0.1) is 22.7 Å². The Morgan fingerprint density at radius 2 is 1.79 bits per heavy atom. The normalized spacial score (nSPS) is 12.3. The molecule has 1 N–H and O–H groups in total. The molecule has 0 amide bonds. The molecule has 3 aromatic heterocycles. The minimum absolute atomic E-state index is 0.165. The standard InChI is InChI=1S/C23H18ClF3N2O2S2/c1-22(2,21(30)31)14-5-3-4-13(10-14)17-7-8-18(33-17)16-11-19(23(25,26)27)28-29(16)12-15-6-9-20(24)32-15/h3-11H,12H2,1-2H3,(H,30,31). The lowest BCUT2D eigenvalue weighted by Crippen LogP contribution is -2.28. The average molecular weight is 511 g/mol. The molecule has 0 saturated carbocycles. The highest BCUT2D eigenvalue weighted by Crippen LogP contribution is 2.39. The van der Waals surface area contributed by atoms with Crippen LogP contribution in [0.2, 0.25) is 4.34 Å². The monoisotopic (exact) mass is 510 g/mol. The van der Waals surface area contributed by atoms with Crippen molar-refractivity contribution in [1.82, 2.24) is 9.78 Å². The Hall–Kier alpha value is -2.62. The number of hydrogen-bond donors (Lipinski definition) is 1. The largest absolute Gasteiger partial charge is 0.481 e. The Kier molecular flexibility index (Phi) is 6.15. The molecule has 10 heteroatoms. The van der Waals surface area contributed by atoms with Gasteiger partial charge in [-0.25, -0.2) is 0 Å². The number of thiophene rings is 2. The fraction of sp³-hybridized carbons (Fsp3) is 0.217. The van der Waals surface area contributed by atoms with Crippen molar-refractivity contribution in [2.75, 3.05) is 0 Å². The molecule has 0 saturated heterocycles. The zero-order valence-electron chi connectivity index (χ0n) is 17.5. The fourth-order valence-corrected chi connectivity index (χ4v) is 5.37. The van der Waals surface area contributed by atoms with Crippen molar-refractivity contribution in [3.63, 3.8) is 0 Å². The molecule has 0 spiro atoms. The molecule has 4 rings (SSSR count). The zero-order valence-corrected chi connectivity index (χ0v) is 19.9. The molecular weight excluding hydrogens is 493 g/mol. The number of carbonyl (C=O) groups is 1. The average Bonchev–Trinajstić information content (AvgIpc) is 3.47. The number of rotatable bonds is 6. The molecular formula is C23H18ClF3N2O2S2. The number of nitrogens with zero attached hydrogens (tertiary/aromatic N) is 2. The summed E-state index contributed by atoms with van der Waals surface area (Å²) in [4.78, 5) is 13.9. The lowest BCUT2D eigenvalue weighted by molar-refractivity contribution is -0.143. The van der Waals surface area contributed by atoms with E-state index in [9.17, 15) is 23.1 Å². The first-order valence-electron chi connectivity index (χ1n) is 9.79. The van der Waals surface area contributed by atoms with Gasteiger partial charge in [0.05, 0.1) is 26.9 Å². The van der Waals surface area contributed by atoms with Crippen LogP contribution in [0.25, 0.3) is 21.0 Å². The van der Waals surface area contributed by atoms with Gasteiger partial charge in [0.15, 0.2) is 5.69 Å². The Bertz CT molecular complexity index is 1320. The summed E-state index contributed by atoms with van der Waals surface area (Å²) in [6.07, 6.45) is -4.57. The van der Waals surface area contributed by atoms with Gasteiger partial charge in [-0.2, -0.15) is 18.3 Å². The topological polar surface area (TPSA) is 55.1 Å². The number of alkyl halides is 3. The summed E-state index contributed by atoms with van der Waals surface area (Å²) in [6, 6.07) is 15.3. The van der Waals surface area contributed by atoms with Gasteiger partial charge in [0.2, 0.25) is 0 Å². The lowest BCUT2D eigenvalue weighted by Gasteiger charge is -2.20. The van der Waals surface area contributed by atoms with Crippen LogP contribution in [0.1, 0.15) is 30.0 Å². The van der Waals surface area contributed by atoms with Crippen molar-refractivity contribution in [3.8, 4) is 21.0 Å². The van der Waals surface area contributed by atoms with E-state index < -0.39 is 23.3 Å². The second kappa shape index (κ2) is 8.62. The van der Waals surface area contributed by atoms with Gasteiger partial charge in [0.25, 0.3) is 0 Å². The van der Waals surface area contributed by atoms with Gasteiger partial charge < -0.3 is 5.11 Å². The highest BCUT2D eigenvalue weighted by molar-refractivity contribution is 7.18. The SMILES string of the molecule is CC(C)(C(=O)O)c1cccc(-c2ccc(-c3cc(C(F)(F)F)nn3Cc3ccc(Cl)s3)s2)c1. The van der Waals surface area contributed by atoms with E-state index in [4.69, 9.17) is 11.6 Å². The Labute approximate surface area is 200 Å². The van der Waals surface area contributed by atoms with Crippen LogP contribution in [0.5, 0.6) is 0 Å². The van der Waals surface area contributed by atoms with Crippen LogP contribution in [-0.2, 0) is 22.9 Å². The summed E-state index contributed by atoms with van der Waals surface area (Å²) in [5, 5.41) is 13.3. The van der Waals surface area contributed by atoms with E-state index in [1.54, 1.807) is 50.2 Å². The van der Waals surface area contributed by atoms with Crippen molar-refractivity contribution in [2.24, 2.45) is 0 Å². The summed E-state index contributed by atoms with van der Waals surface area (Å²) < 4.78 is 42.1. The van der Waals surface area contributed by atoms with Gasteiger partial charge in [0, 0.05) is 9.75 Å². The molecule has 0 aliphatic rings. The number of benzene rings is 1. The summed E-state index contributed by atoms with van der Waals surface area (Å²) in [7, 11) is 0. The van der Waals surface area contributed by atoms with Crippen LogP contribution in [0.15, 0.2) is 54.6 Å². The molecule has 4 nitrogen and oxygen atoms in total. The Balaban J connectivity index is 1.73. The fourth-order valence-electron chi connectivity index (χ4n) is 3.27. The number of halogens is 4. The highest BCUT2D eigenvalue weighted by atomic mass is 35.5. The van der Waals surface area contributed by atoms with Crippen molar-refractivity contribution < 1.29 is 23.1 Å². The van der Waals surface area contributed by atoms with Gasteiger partial charge >= 0.3 is 12.1 Å². The summed E-state index contributed by atoms with van der Waals surface area (Å²) >= 11 is 8.58. The van der Waals surface area contributed by atoms with E-state index in [0.717, 1.165) is 21.4 Å². The zero-order chi connectivity index (χ0) is 24.0. The minimum Gasteiger partial charge on any atom is -0.481 e. The van der Waals surface area contributed by atoms with Gasteiger partial charge in [0.1, 0.15) is 0 Å². The number of aliphatic carboxylic acids is 1. The van der Waals surface area contributed by atoms with Gasteiger partial charge in [-0.1, -0.05) is 29.8 Å². The number of carboxylic acids is 1. The van der Waals surface area contributed by atoms with Crippen molar-refractivity contribution in [3.05, 3.63) is 75.1 Å². The third-order valence-electron chi connectivity index (χ3n) is 5.27. The molecule has 0 fully saturated rings. The summed E-state index contributed by atoms with van der Waals surface area (Å²) in [6.45, 7) is 3.42. The van der Waals surface area contributed by atoms with E-state index in [2.05, 4.69) is 5.10 Å². The van der Waals surface area contributed by atoms with E-state index in [0.29, 0.717) is 20.5 Å². The van der Waals surface area contributed by atoms with Gasteiger partial charge in [-0.3, -0.25) is 9.48 Å². The molecule has 0 aliphatic carbocycles. The maximum atomic E-state index is 13.4. The summed E-state index contributed by atoms with van der Waals surface area (Å²) in [5.41, 5.74) is -0.240.